The summed E-state index contributed by atoms with van der Waals surface area (Å²) in [4.78, 5) is 18.4. The van der Waals surface area contributed by atoms with Gasteiger partial charge in [0.05, 0.1) is 56.4 Å². The summed E-state index contributed by atoms with van der Waals surface area (Å²) in [6.45, 7) is 24.7. The maximum absolute atomic E-state index is 6.26. The van der Waals surface area contributed by atoms with E-state index in [1.54, 1.807) is 0 Å². The molecule has 5 heterocycles. The van der Waals surface area contributed by atoms with Crippen LogP contribution in [-0.2, 0) is 27.9 Å². The Hall–Kier alpha value is -6.28. The minimum Gasteiger partial charge on any atom is -0.399 e. The van der Waals surface area contributed by atoms with E-state index in [0.29, 0.717) is 5.82 Å². The smallest absolute Gasteiger partial charge is 0.399 e. The quantitative estimate of drug-likeness (QED) is 0.108. The van der Waals surface area contributed by atoms with Gasteiger partial charge in [-0.2, -0.15) is 0 Å². The molecule has 0 saturated carbocycles. The van der Waals surface area contributed by atoms with Gasteiger partial charge in [-0.05, 0) is 123 Å². The summed E-state index contributed by atoms with van der Waals surface area (Å²) in [5.74, 6) is 0.675. The van der Waals surface area contributed by atoms with E-state index in [9.17, 15) is 0 Å². The standard InChI is InChI=1S/C28H27BN2O2.C18H28B2O4.C16H11ClN2/c1-27(2)28(3,4)33-29(32-27)23-17-11-16-22(18-23)26-30-24(20-12-7-5-8-13-20)19-25(31-26)21-14-9-6-10-15-21;1-15(2)16(3,4)22-19(21-15)13-10-9-11-14(12-13)20-23-17(5,6)18(7,8)24-20;17-16-18-14(12-7-3-1-4-8-12)11-15(19-16)13-9-5-2-6-10-13/h5-19H,1-4H3;9-12H,1-8H3;1-11H. The van der Waals surface area contributed by atoms with Crippen molar-refractivity contribution in [1.82, 2.24) is 19.9 Å². The van der Waals surface area contributed by atoms with E-state index < -0.39 is 18.3 Å². The average molecular weight is 1030 g/mol. The molecule has 3 fully saturated rings. The van der Waals surface area contributed by atoms with Gasteiger partial charge in [0.25, 0.3) is 0 Å². The molecule has 11 rings (SSSR count). The molecule has 8 aromatic rings. The van der Waals surface area contributed by atoms with E-state index in [2.05, 4.69) is 129 Å². The van der Waals surface area contributed by atoms with Gasteiger partial charge in [-0.3, -0.25) is 0 Å². The molecule has 3 aliphatic rings. The van der Waals surface area contributed by atoms with Crippen LogP contribution in [0.3, 0.4) is 0 Å². The molecule has 10 nitrogen and oxygen atoms in total. The minimum absolute atomic E-state index is 0.264. The fraction of sp³-hybridized carbons (Fsp3) is 0.290. The van der Waals surface area contributed by atoms with Gasteiger partial charge in [0, 0.05) is 27.8 Å². The van der Waals surface area contributed by atoms with Crippen LogP contribution in [-0.4, -0.2) is 74.9 Å². The Bertz CT molecular complexity index is 3060. The van der Waals surface area contributed by atoms with Gasteiger partial charge in [0.1, 0.15) is 0 Å². The minimum atomic E-state index is -0.430. The molecule has 0 bridgehead atoms. The van der Waals surface area contributed by atoms with E-state index in [1.807, 2.05) is 146 Å². The van der Waals surface area contributed by atoms with Crippen LogP contribution in [0.4, 0.5) is 0 Å². The number of rotatable bonds is 8. The topological polar surface area (TPSA) is 107 Å². The predicted molar refractivity (Wildman–Crippen MR) is 310 cm³/mol. The second kappa shape index (κ2) is 21.6. The maximum atomic E-state index is 6.26. The summed E-state index contributed by atoms with van der Waals surface area (Å²) in [7, 11) is -1.18. The van der Waals surface area contributed by atoms with E-state index in [-0.39, 0.29) is 41.9 Å². The Balaban J connectivity index is 0.000000145. The lowest BCUT2D eigenvalue weighted by Crippen LogP contribution is -2.41. The summed E-state index contributed by atoms with van der Waals surface area (Å²) >= 11 is 6.03. The van der Waals surface area contributed by atoms with E-state index in [1.165, 1.54) is 0 Å². The zero-order chi connectivity index (χ0) is 54.1. The molecule has 0 radical (unpaired) electrons. The number of halogens is 1. The number of benzene rings is 6. The highest BCUT2D eigenvalue weighted by Gasteiger charge is 2.54. The van der Waals surface area contributed by atoms with Crippen molar-refractivity contribution >= 4 is 49.3 Å². The van der Waals surface area contributed by atoms with Crippen molar-refractivity contribution in [3.63, 3.8) is 0 Å². The molecule has 0 aliphatic carbocycles. The van der Waals surface area contributed by atoms with Crippen molar-refractivity contribution in [1.29, 1.82) is 0 Å². The number of hydrogen-bond acceptors (Lipinski definition) is 10. The van der Waals surface area contributed by atoms with E-state index >= 15 is 0 Å². The lowest BCUT2D eigenvalue weighted by atomic mass is 9.72. The summed E-state index contributed by atoms with van der Waals surface area (Å²) in [6.07, 6.45) is 0. The van der Waals surface area contributed by atoms with Crippen LogP contribution in [0.2, 0.25) is 5.28 Å². The highest BCUT2D eigenvalue weighted by molar-refractivity contribution is 6.66. The molecule has 76 heavy (non-hydrogen) atoms. The van der Waals surface area contributed by atoms with Crippen molar-refractivity contribution in [2.45, 2.75) is 117 Å². The normalized spacial score (nSPS) is 18.3. The average Bonchev–Trinajstić information content (AvgIpc) is 3.89. The highest BCUT2D eigenvalue weighted by atomic mass is 35.5. The van der Waals surface area contributed by atoms with E-state index in [4.69, 9.17) is 49.5 Å². The molecular formula is C62H66B3ClN4O6. The van der Waals surface area contributed by atoms with Crippen molar-refractivity contribution in [2.75, 3.05) is 0 Å². The number of nitrogens with zero attached hydrogens (tertiary/aromatic N) is 4. The summed E-state index contributed by atoms with van der Waals surface area (Å²) in [5, 5.41) is 0.264. The second-order valence-corrected chi connectivity index (χ2v) is 22.7. The number of aromatic nitrogens is 4. The third-order valence-electron chi connectivity index (χ3n) is 15.3. The Morgan fingerprint density at radius 3 is 0.842 bits per heavy atom. The summed E-state index contributed by atoms with van der Waals surface area (Å²) in [5.41, 5.74) is 9.30. The second-order valence-electron chi connectivity index (χ2n) is 22.4. The first-order valence-electron chi connectivity index (χ1n) is 25.9. The maximum Gasteiger partial charge on any atom is 0.494 e. The van der Waals surface area contributed by atoms with Gasteiger partial charge in [-0.15, -0.1) is 0 Å². The molecule has 0 unspecified atom stereocenters. The molecule has 0 N–H and O–H groups in total. The Morgan fingerprint density at radius 1 is 0.289 bits per heavy atom. The Kier molecular flexibility index (Phi) is 15.5. The van der Waals surface area contributed by atoms with Gasteiger partial charge >= 0.3 is 21.4 Å². The molecule has 3 aliphatic heterocycles. The highest BCUT2D eigenvalue weighted by Crippen LogP contribution is 2.39. The van der Waals surface area contributed by atoms with Gasteiger partial charge < -0.3 is 27.9 Å². The van der Waals surface area contributed by atoms with Gasteiger partial charge in [-0.1, -0.05) is 170 Å². The van der Waals surface area contributed by atoms with Crippen LogP contribution in [0.1, 0.15) is 83.1 Å². The first-order valence-corrected chi connectivity index (χ1v) is 26.3. The van der Waals surface area contributed by atoms with Gasteiger partial charge in [-0.25, -0.2) is 19.9 Å². The monoisotopic (exact) mass is 1030 g/mol. The predicted octanol–water partition coefficient (Wildman–Crippen LogP) is 12.5. The molecule has 6 aromatic carbocycles. The lowest BCUT2D eigenvalue weighted by molar-refractivity contribution is 0.00578. The first-order chi connectivity index (χ1) is 36.0. The van der Waals surface area contributed by atoms with E-state index in [0.717, 1.165) is 67.0 Å². The molecule has 386 valence electrons. The molecule has 0 atom stereocenters. The molecular weight excluding hydrogens is 965 g/mol. The largest absolute Gasteiger partial charge is 0.494 e. The van der Waals surface area contributed by atoms with Crippen molar-refractivity contribution in [2.24, 2.45) is 0 Å². The van der Waals surface area contributed by atoms with Crippen LogP contribution >= 0.6 is 11.6 Å². The summed E-state index contributed by atoms with van der Waals surface area (Å²) in [6, 6.07) is 60.6. The third-order valence-corrected chi connectivity index (χ3v) is 15.5. The molecule has 3 saturated heterocycles. The Labute approximate surface area is 455 Å². The fourth-order valence-electron chi connectivity index (χ4n) is 8.64. The zero-order valence-corrected chi connectivity index (χ0v) is 46.4. The summed E-state index contributed by atoms with van der Waals surface area (Å²) < 4.78 is 37.1. The van der Waals surface area contributed by atoms with Crippen molar-refractivity contribution in [3.8, 4) is 56.4 Å². The van der Waals surface area contributed by atoms with Crippen LogP contribution in [0.25, 0.3) is 56.4 Å². The van der Waals surface area contributed by atoms with Crippen LogP contribution in [0.15, 0.2) is 182 Å². The van der Waals surface area contributed by atoms with Gasteiger partial charge in [0.15, 0.2) is 5.82 Å². The fourth-order valence-corrected chi connectivity index (χ4v) is 8.82. The SMILES string of the molecule is CC1(C)OB(c2cccc(-c3nc(-c4ccccc4)cc(-c4ccccc4)n3)c2)OC1(C)C.CC1(C)OB(c2cccc(B3OC(C)(C)C(C)(C)O3)c2)OC1(C)C.Clc1nc(-c2ccccc2)cc(-c2ccccc2)n1. The first kappa shape index (κ1) is 54.5. The third kappa shape index (κ3) is 12.0. The number of hydrogen-bond donors (Lipinski definition) is 0. The van der Waals surface area contributed by atoms with Crippen LogP contribution in [0.5, 0.6) is 0 Å². The van der Waals surface area contributed by atoms with Crippen molar-refractivity contribution in [3.05, 3.63) is 187 Å². The lowest BCUT2D eigenvalue weighted by Gasteiger charge is -2.32. The molecule has 0 amide bonds. The van der Waals surface area contributed by atoms with Crippen LogP contribution in [0, 0.1) is 0 Å². The Morgan fingerprint density at radius 2 is 0.539 bits per heavy atom. The van der Waals surface area contributed by atoms with Gasteiger partial charge in [0.2, 0.25) is 5.28 Å². The van der Waals surface area contributed by atoms with Crippen LogP contribution < -0.4 is 16.4 Å². The molecule has 0 spiro atoms. The van der Waals surface area contributed by atoms with Crippen molar-refractivity contribution < 1.29 is 27.9 Å². The molecule has 14 heteroatoms. The zero-order valence-electron chi connectivity index (χ0n) is 45.7. The molecule has 2 aromatic heterocycles.